The highest BCUT2D eigenvalue weighted by Crippen LogP contribution is 2.25. The number of rotatable bonds is 5. The Kier molecular flexibility index (Phi) is 6.81. The van der Waals surface area contributed by atoms with Gasteiger partial charge in [-0.15, -0.1) is 0 Å². The van der Waals surface area contributed by atoms with Crippen molar-refractivity contribution in [3.8, 4) is 0 Å². The van der Waals surface area contributed by atoms with Crippen LogP contribution in [0.5, 0.6) is 0 Å². The van der Waals surface area contributed by atoms with E-state index in [0.29, 0.717) is 43.6 Å². The fourth-order valence-corrected chi connectivity index (χ4v) is 4.65. The number of piperazine rings is 2. The maximum absolute atomic E-state index is 13.4. The van der Waals surface area contributed by atoms with Gasteiger partial charge >= 0.3 is 0 Å². The van der Waals surface area contributed by atoms with E-state index in [0.717, 1.165) is 42.6 Å². The number of amides is 2. The van der Waals surface area contributed by atoms with Crippen LogP contribution in [0.25, 0.3) is 10.8 Å². The van der Waals surface area contributed by atoms with Crippen LogP contribution >= 0.6 is 0 Å². The van der Waals surface area contributed by atoms with Gasteiger partial charge in [-0.25, -0.2) is 4.98 Å². The first-order valence-electron chi connectivity index (χ1n) is 12.3. The van der Waals surface area contributed by atoms with Gasteiger partial charge in [-0.3, -0.25) is 9.59 Å². The van der Waals surface area contributed by atoms with Gasteiger partial charge in [0.25, 0.3) is 5.91 Å². The minimum atomic E-state index is -0.272. The number of hydrogen-bond acceptors (Lipinski definition) is 7. The molecule has 9 nitrogen and oxygen atoms in total. The molecule has 2 fully saturated rings. The minimum Gasteiger partial charge on any atom is -0.353 e. The highest BCUT2D eigenvalue weighted by molar-refractivity contribution is 6.08. The summed E-state index contributed by atoms with van der Waals surface area (Å²) >= 11 is 0. The van der Waals surface area contributed by atoms with E-state index >= 15 is 0 Å². The van der Waals surface area contributed by atoms with Crippen molar-refractivity contribution >= 4 is 40.0 Å². The van der Waals surface area contributed by atoms with E-state index in [9.17, 15) is 9.59 Å². The smallest absolute Gasteiger partial charge is 0.274 e. The number of likely N-dealkylation sites (N-methyl/N-ethyl adjacent to an activating group) is 1. The maximum atomic E-state index is 13.4. The summed E-state index contributed by atoms with van der Waals surface area (Å²) in [5.74, 6) is 0.928. The Bertz CT molecular complexity index is 1270. The molecule has 0 bridgehead atoms. The molecule has 0 radical (unpaired) electrons. The van der Waals surface area contributed by atoms with Crippen LogP contribution in [0.1, 0.15) is 10.5 Å². The van der Waals surface area contributed by atoms with Gasteiger partial charge in [-0.05, 0) is 24.6 Å². The van der Waals surface area contributed by atoms with Gasteiger partial charge in [0, 0.05) is 69.5 Å². The van der Waals surface area contributed by atoms with Gasteiger partial charge in [0.05, 0.1) is 0 Å². The molecular formula is C27H31N7O2. The molecule has 3 aromatic rings. The lowest BCUT2D eigenvalue weighted by atomic mass is 10.1. The molecule has 2 amide bonds. The molecule has 36 heavy (non-hydrogen) atoms. The van der Waals surface area contributed by atoms with Crippen LogP contribution < -0.4 is 15.1 Å². The standard InChI is InChI=1S/C27H31N7O2/c1-3-25(35)33-17-15-32(16-18-33)24-19-23(29-27(30-24)34-13-11-31(2)12-14-34)26(36)28-22-10-6-8-20-7-4-5-9-21(20)22/h3-10,19H,1,11-18H2,2H3,(H,28,36). The van der Waals surface area contributed by atoms with Gasteiger partial charge in [0.2, 0.25) is 11.9 Å². The van der Waals surface area contributed by atoms with Gasteiger partial charge in [0.15, 0.2) is 0 Å². The normalized spacial score (nSPS) is 16.8. The van der Waals surface area contributed by atoms with Crippen LogP contribution in [0.4, 0.5) is 17.5 Å². The third kappa shape index (κ3) is 5.01. The number of anilines is 3. The van der Waals surface area contributed by atoms with E-state index in [2.05, 4.69) is 38.6 Å². The molecule has 9 heteroatoms. The molecule has 3 heterocycles. The average molecular weight is 486 g/mol. The molecule has 2 aliphatic rings. The van der Waals surface area contributed by atoms with E-state index in [1.807, 2.05) is 42.5 Å². The number of fused-ring (bicyclic) bond motifs is 1. The van der Waals surface area contributed by atoms with Crippen LogP contribution in [-0.2, 0) is 4.79 Å². The summed E-state index contributed by atoms with van der Waals surface area (Å²) in [5, 5.41) is 5.10. The fraction of sp³-hybridized carbons (Fsp3) is 0.333. The minimum absolute atomic E-state index is 0.0642. The molecular weight excluding hydrogens is 454 g/mol. The molecule has 0 aliphatic carbocycles. The number of aromatic nitrogens is 2. The van der Waals surface area contributed by atoms with Crippen molar-refractivity contribution in [2.75, 3.05) is 74.5 Å². The van der Waals surface area contributed by atoms with Crippen molar-refractivity contribution in [3.63, 3.8) is 0 Å². The first-order valence-corrected chi connectivity index (χ1v) is 12.3. The molecule has 1 aromatic heterocycles. The quantitative estimate of drug-likeness (QED) is 0.556. The van der Waals surface area contributed by atoms with Gasteiger partial charge in [0.1, 0.15) is 11.5 Å². The predicted octanol–water partition coefficient (Wildman–Crippen LogP) is 2.47. The second kappa shape index (κ2) is 10.3. The Balaban J connectivity index is 1.43. The number of carbonyl (C=O) groups excluding carboxylic acids is 2. The maximum Gasteiger partial charge on any atom is 0.274 e. The zero-order valence-electron chi connectivity index (χ0n) is 20.6. The average Bonchev–Trinajstić information content (AvgIpc) is 2.93. The Morgan fingerprint density at radius 1 is 0.889 bits per heavy atom. The SMILES string of the molecule is C=CC(=O)N1CCN(c2cc(C(=O)Nc3cccc4ccccc34)nc(N3CCN(C)CC3)n2)CC1. The molecule has 186 valence electrons. The van der Waals surface area contributed by atoms with Crippen molar-refractivity contribution < 1.29 is 9.59 Å². The van der Waals surface area contributed by atoms with Gasteiger partial charge in [-0.2, -0.15) is 4.98 Å². The third-order valence-electron chi connectivity index (χ3n) is 6.85. The summed E-state index contributed by atoms with van der Waals surface area (Å²) in [7, 11) is 2.10. The van der Waals surface area contributed by atoms with Crippen molar-refractivity contribution in [1.82, 2.24) is 19.8 Å². The number of nitrogens with one attached hydrogen (secondary N) is 1. The van der Waals surface area contributed by atoms with Gasteiger partial charge in [-0.1, -0.05) is 43.0 Å². The monoisotopic (exact) mass is 485 g/mol. The molecule has 2 saturated heterocycles. The lowest BCUT2D eigenvalue weighted by Crippen LogP contribution is -2.49. The largest absolute Gasteiger partial charge is 0.353 e. The number of carbonyl (C=O) groups is 2. The Hall–Kier alpha value is -3.98. The summed E-state index contributed by atoms with van der Waals surface area (Å²) in [6.07, 6.45) is 1.35. The van der Waals surface area contributed by atoms with E-state index in [1.54, 1.807) is 11.0 Å². The van der Waals surface area contributed by atoms with Gasteiger partial charge < -0.3 is 24.9 Å². The Morgan fingerprint density at radius 3 is 2.33 bits per heavy atom. The third-order valence-corrected chi connectivity index (χ3v) is 6.85. The Labute approximate surface area is 211 Å². The fourth-order valence-electron chi connectivity index (χ4n) is 4.65. The summed E-state index contributed by atoms with van der Waals surface area (Å²) in [4.78, 5) is 43.3. The molecule has 2 aromatic carbocycles. The summed E-state index contributed by atoms with van der Waals surface area (Å²) in [6.45, 7) is 9.42. The number of nitrogens with zero attached hydrogens (tertiary/aromatic N) is 6. The molecule has 2 aliphatic heterocycles. The lowest BCUT2D eigenvalue weighted by molar-refractivity contribution is -0.126. The molecule has 0 spiro atoms. The number of benzene rings is 2. The molecule has 5 rings (SSSR count). The summed E-state index contributed by atoms with van der Waals surface area (Å²) in [5.41, 5.74) is 1.07. The van der Waals surface area contributed by atoms with Crippen LogP contribution in [0.2, 0.25) is 0 Å². The highest BCUT2D eigenvalue weighted by Gasteiger charge is 2.25. The second-order valence-corrected chi connectivity index (χ2v) is 9.20. The zero-order chi connectivity index (χ0) is 25.1. The van der Waals surface area contributed by atoms with Crippen LogP contribution in [0.15, 0.2) is 61.2 Å². The zero-order valence-corrected chi connectivity index (χ0v) is 20.6. The lowest BCUT2D eigenvalue weighted by Gasteiger charge is -2.36. The van der Waals surface area contributed by atoms with Crippen LogP contribution in [0, 0.1) is 0 Å². The van der Waals surface area contributed by atoms with Crippen molar-refractivity contribution in [2.45, 2.75) is 0 Å². The molecule has 1 N–H and O–H groups in total. The van der Waals surface area contributed by atoms with Crippen molar-refractivity contribution in [1.29, 1.82) is 0 Å². The first kappa shape index (κ1) is 23.7. The number of hydrogen-bond donors (Lipinski definition) is 1. The molecule has 0 saturated carbocycles. The highest BCUT2D eigenvalue weighted by atomic mass is 16.2. The summed E-state index contributed by atoms with van der Waals surface area (Å²) in [6, 6.07) is 15.6. The van der Waals surface area contributed by atoms with E-state index < -0.39 is 0 Å². The molecule has 0 unspecified atom stereocenters. The van der Waals surface area contributed by atoms with E-state index in [1.165, 1.54) is 6.08 Å². The van der Waals surface area contributed by atoms with Crippen LogP contribution in [0.3, 0.4) is 0 Å². The first-order chi connectivity index (χ1) is 17.5. The Morgan fingerprint density at radius 2 is 1.58 bits per heavy atom. The second-order valence-electron chi connectivity index (χ2n) is 9.20. The van der Waals surface area contributed by atoms with E-state index in [-0.39, 0.29) is 11.8 Å². The summed E-state index contributed by atoms with van der Waals surface area (Å²) < 4.78 is 0. The van der Waals surface area contributed by atoms with Crippen molar-refractivity contribution in [2.24, 2.45) is 0 Å². The van der Waals surface area contributed by atoms with Crippen molar-refractivity contribution in [3.05, 3.63) is 66.9 Å². The molecule has 0 atom stereocenters. The van der Waals surface area contributed by atoms with E-state index in [4.69, 9.17) is 4.98 Å². The van der Waals surface area contributed by atoms with Crippen LogP contribution in [-0.4, -0.2) is 91.0 Å². The predicted molar refractivity (Wildman–Crippen MR) is 143 cm³/mol. The topological polar surface area (TPSA) is 84.9 Å².